The largest absolute Gasteiger partial charge is 0.451 e. The van der Waals surface area contributed by atoms with Gasteiger partial charge in [0.1, 0.15) is 11.6 Å². The highest BCUT2D eigenvalue weighted by atomic mass is 19.4. The molecule has 1 aromatic heterocycles. The predicted octanol–water partition coefficient (Wildman–Crippen LogP) is 3.31. The quantitative estimate of drug-likeness (QED) is 0.872. The molecule has 0 spiro atoms. The molecule has 1 N–H and O–H groups in total. The van der Waals surface area contributed by atoms with Crippen LogP contribution in [-0.4, -0.2) is 29.6 Å². The number of nitrogens with one attached hydrogen (secondary N) is 1. The fourth-order valence-corrected chi connectivity index (χ4v) is 2.04. The first-order chi connectivity index (χ1) is 9.45. The van der Waals surface area contributed by atoms with Gasteiger partial charge in [-0.1, -0.05) is 13.3 Å². The van der Waals surface area contributed by atoms with E-state index in [4.69, 9.17) is 0 Å². The molecule has 2 rings (SSSR count). The Balaban J connectivity index is 2.32. The van der Waals surface area contributed by atoms with E-state index in [2.05, 4.69) is 22.2 Å². The smallest absolute Gasteiger partial charge is 0.373 e. The Morgan fingerprint density at radius 3 is 2.55 bits per heavy atom. The summed E-state index contributed by atoms with van der Waals surface area (Å²) >= 11 is 0. The molecule has 1 aliphatic carbocycles. The van der Waals surface area contributed by atoms with Gasteiger partial charge in [0, 0.05) is 25.7 Å². The van der Waals surface area contributed by atoms with Crippen LogP contribution in [0.15, 0.2) is 6.07 Å². The zero-order chi connectivity index (χ0) is 14.8. The number of rotatable bonds is 6. The fourth-order valence-electron chi connectivity index (χ4n) is 2.04. The molecule has 0 atom stereocenters. The summed E-state index contributed by atoms with van der Waals surface area (Å²) in [6.07, 6.45) is -0.550. The first-order valence-corrected chi connectivity index (χ1v) is 6.86. The predicted molar refractivity (Wildman–Crippen MR) is 71.9 cm³/mol. The highest BCUT2D eigenvalue weighted by molar-refractivity contribution is 5.51. The molecule has 4 nitrogen and oxygen atoms in total. The van der Waals surface area contributed by atoms with Crippen molar-refractivity contribution in [3.8, 4) is 0 Å². The number of anilines is 2. The maximum atomic E-state index is 12.8. The minimum atomic E-state index is -4.53. The molecule has 7 heteroatoms. The fraction of sp³-hybridized carbons (Fsp3) is 0.692. The van der Waals surface area contributed by atoms with E-state index in [1.54, 1.807) is 13.1 Å². The van der Waals surface area contributed by atoms with Gasteiger partial charge < -0.3 is 10.2 Å². The average molecular weight is 288 g/mol. The molecule has 112 valence electrons. The zero-order valence-electron chi connectivity index (χ0n) is 11.7. The number of unbranched alkanes of at least 4 members (excludes halogenated alkanes) is 1. The van der Waals surface area contributed by atoms with Crippen LogP contribution >= 0.6 is 0 Å². The topological polar surface area (TPSA) is 41.0 Å². The van der Waals surface area contributed by atoms with Crippen LogP contribution in [0.25, 0.3) is 0 Å². The summed E-state index contributed by atoms with van der Waals surface area (Å²) in [6.45, 7) is 2.80. The highest BCUT2D eigenvalue weighted by Crippen LogP contribution is 2.34. The summed E-state index contributed by atoms with van der Waals surface area (Å²) in [5.74, 6) is -0.515. The van der Waals surface area contributed by atoms with Crippen molar-refractivity contribution in [1.29, 1.82) is 0 Å². The van der Waals surface area contributed by atoms with Crippen LogP contribution in [0.5, 0.6) is 0 Å². The number of nitrogens with zero attached hydrogens (tertiary/aromatic N) is 3. The second-order valence-electron chi connectivity index (χ2n) is 4.96. The van der Waals surface area contributed by atoms with E-state index in [9.17, 15) is 13.2 Å². The van der Waals surface area contributed by atoms with Gasteiger partial charge in [-0.3, -0.25) is 0 Å². The van der Waals surface area contributed by atoms with Gasteiger partial charge >= 0.3 is 6.18 Å². The maximum Gasteiger partial charge on any atom is 0.451 e. The van der Waals surface area contributed by atoms with Gasteiger partial charge in [-0.2, -0.15) is 13.2 Å². The molecular weight excluding hydrogens is 269 g/mol. The Labute approximate surface area is 116 Å². The van der Waals surface area contributed by atoms with Crippen LogP contribution in [0.3, 0.4) is 0 Å². The van der Waals surface area contributed by atoms with Crippen LogP contribution in [0.2, 0.25) is 0 Å². The lowest BCUT2D eigenvalue weighted by Gasteiger charge is -2.24. The van der Waals surface area contributed by atoms with Gasteiger partial charge in [0.25, 0.3) is 0 Å². The molecule has 0 aliphatic heterocycles. The first kappa shape index (κ1) is 14.9. The van der Waals surface area contributed by atoms with Gasteiger partial charge in [0.05, 0.1) is 0 Å². The minimum absolute atomic E-state index is 0.199. The van der Waals surface area contributed by atoms with Crippen LogP contribution in [0.1, 0.15) is 38.4 Å². The minimum Gasteiger partial charge on any atom is -0.373 e. The number of aromatic nitrogens is 2. The van der Waals surface area contributed by atoms with Crippen molar-refractivity contribution < 1.29 is 13.2 Å². The molecule has 1 fully saturated rings. The average Bonchev–Trinajstić information content (AvgIpc) is 3.22. The summed E-state index contributed by atoms with van der Waals surface area (Å²) in [5, 5.41) is 2.67. The van der Waals surface area contributed by atoms with Gasteiger partial charge in [-0.15, -0.1) is 0 Å². The molecule has 0 radical (unpaired) electrons. The third-order valence-electron chi connectivity index (χ3n) is 3.26. The van der Waals surface area contributed by atoms with Gasteiger partial charge in [-0.25, -0.2) is 9.97 Å². The molecule has 0 saturated heterocycles. The normalized spacial score (nSPS) is 15.2. The Hall–Kier alpha value is -1.53. The third kappa shape index (κ3) is 3.52. The summed E-state index contributed by atoms with van der Waals surface area (Å²) in [7, 11) is 1.56. The van der Waals surface area contributed by atoms with E-state index < -0.39 is 12.0 Å². The molecule has 1 heterocycles. The number of alkyl halides is 3. The van der Waals surface area contributed by atoms with Crippen molar-refractivity contribution in [2.24, 2.45) is 0 Å². The van der Waals surface area contributed by atoms with Crippen LogP contribution < -0.4 is 10.2 Å². The molecule has 0 unspecified atom stereocenters. The van der Waals surface area contributed by atoms with Crippen LogP contribution in [0.4, 0.5) is 24.8 Å². The lowest BCUT2D eigenvalue weighted by Crippen LogP contribution is -2.29. The van der Waals surface area contributed by atoms with Crippen molar-refractivity contribution in [3.05, 3.63) is 11.9 Å². The van der Waals surface area contributed by atoms with E-state index in [1.807, 2.05) is 4.90 Å². The lowest BCUT2D eigenvalue weighted by molar-refractivity contribution is -0.144. The molecule has 1 saturated carbocycles. The monoisotopic (exact) mass is 288 g/mol. The maximum absolute atomic E-state index is 12.8. The van der Waals surface area contributed by atoms with Crippen LogP contribution in [0, 0.1) is 0 Å². The molecule has 0 bridgehead atoms. The van der Waals surface area contributed by atoms with E-state index >= 15 is 0 Å². The second kappa shape index (κ2) is 5.85. The Kier molecular flexibility index (Phi) is 4.35. The van der Waals surface area contributed by atoms with Crippen molar-refractivity contribution in [3.63, 3.8) is 0 Å². The van der Waals surface area contributed by atoms with Crippen molar-refractivity contribution >= 4 is 11.6 Å². The Bertz CT molecular complexity index is 457. The lowest BCUT2D eigenvalue weighted by atomic mass is 10.3. The molecule has 1 aromatic rings. The van der Waals surface area contributed by atoms with E-state index in [0.29, 0.717) is 11.9 Å². The van der Waals surface area contributed by atoms with Gasteiger partial charge in [-0.05, 0) is 19.3 Å². The second-order valence-corrected chi connectivity index (χ2v) is 4.96. The Morgan fingerprint density at radius 1 is 1.35 bits per heavy atom. The van der Waals surface area contributed by atoms with Crippen LogP contribution in [-0.2, 0) is 6.18 Å². The third-order valence-corrected chi connectivity index (χ3v) is 3.26. The van der Waals surface area contributed by atoms with Gasteiger partial charge in [0.2, 0.25) is 5.82 Å². The van der Waals surface area contributed by atoms with E-state index in [0.717, 1.165) is 32.2 Å². The number of hydrogen-bond donors (Lipinski definition) is 1. The molecule has 0 aromatic carbocycles. The molecule has 0 amide bonds. The zero-order valence-corrected chi connectivity index (χ0v) is 11.7. The molecule has 1 aliphatic rings. The van der Waals surface area contributed by atoms with Crippen molar-refractivity contribution in [2.45, 2.75) is 44.8 Å². The highest BCUT2D eigenvalue weighted by Gasteiger charge is 2.37. The molecule has 20 heavy (non-hydrogen) atoms. The summed E-state index contributed by atoms with van der Waals surface area (Å²) in [6, 6.07) is 1.91. The Morgan fingerprint density at radius 2 is 2.05 bits per heavy atom. The first-order valence-electron chi connectivity index (χ1n) is 6.86. The summed E-state index contributed by atoms with van der Waals surface area (Å²) in [5.41, 5.74) is 0. The SMILES string of the molecule is CCCCN(c1cc(NC)nc(C(F)(F)F)n1)C1CC1. The number of hydrogen-bond acceptors (Lipinski definition) is 4. The number of halogens is 3. The standard InChI is InChI=1S/C13H19F3N4/c1-3-4-7-20(9-5-6-9)11-8-10(17-2)18-12(19-11)13(14,15)16/h8-9H,3-7H2,1-2H3,(H,17,18,19). The van der Waals surface area contributed by atoms with E-state index in [-0.39, 0.29) is 5.82 Å². The summed E-state index contributed by atoms with van der Waals surface area (Å²) < 4.78 is 38.5. The molecular formula is C13H19F3N4. The summed E-state index contributed by atoms with van der Waals surface area (Å²) in [4.78, 5) is 9.18. The van der Waals surface area contributed by atoms with Gasteiger partial charge in [0.15, 0.2) is 0 Å². The van der Waals surface area contributed by atoms with Crippen molar-refractivity contribution in [2.75, 3.05) is 23.8 Å². The van der Waals surface area contributed by atoms with E-state index in [1.165, 1.54) is 0 Å². The van der Waals surface area contributed by atoms with Crippen molar-refractivity contribution in [1.82, 2.24) is 9.97 Å².